The fraction of sp³-hybridized carbons (Fsp3) is 0.333. The lowest BCUT2D eigenvalue weighted by molar-refractivity contribution is 0.661. The first-order valence-corrected chi connectivity index (χ1v) is 4.80. The van der Waals surface area contributed by atoms with Crippen LogP contribution in [-0.2, 0) is 0 Å². The average Bonchev–Trinajstić information content (AvgIpc) is 2.03. The number of hydrogen-bond acceptors (Lipinski definition) is 2. The third-order valence-corrected chi connectivity index (χ3v) is 2.23. The first-order valence-electron chi connectivity index (χ1n) is 4.05. The summed E-state index contributed by atoms with van der Waals surface area (Å²) in [4.78, 5) is 0. The molecule has 0 aliphatic carbocycles. The molecule has 5 heteroatoms. The number of benzene rings is 1. The zero-order chi connectivity index (χ0) is 9.84. The van der Waals surface area contributed by atoms with E-state index in [0.717, 1.165) is 12.0 Å². The van der Waals surface area contributed by atoms with E-state index in [2.05, 4.69) is 0 Å². The van der Waals surface area contributed by atoms with Gasteiger partial charge in [-0.2, -0.15) is 0 Å². The first-order chi connectivity index (χ1) is 6.13. The molecule has 0 aliphatic heterocycles. The van der Waals surface area contributed by atoms with Gasteiger partial charge < -0.3 is 11.5 Å². The molecule has 0 fully saturated rings. The maximum Gasteiger partial charge on any atom is 0.0424 e. The fourth-order valence-corrected chi connectivity index (χ4v) is 1.68. The molecule has 0 unspecified atom stereocenters. The Morgan fingerprint density at radius 3 is 2.07 bits per heavy atom. The van der Waals surface area contributed by atoms with Crippen LogP contribution in [0.25, 0.3) is 0 Å². The van der Waals surface area contributed by atoms with Crippen LogP contribution in [0.1, 0.15) is 18.0 Å². The maximum absolute atomic E-state index is 5.85. The quantitative estimate of drug-likeness (QED) is 0.873. The van der Waals surface area contributed by atoms with E-state index in [9.17, 15) is 0 Å². The Bertz CT molecular complexity index is 271. The Morgan fingerprint density at radius 1 is 1.14 bits per heavy atom. The Kier molecular flexibility index (Phi) is 6.49. The standard InChI is InChI=1S/C9H12Cl2N2.ClH/c10-7-3-6(4-8(11)5-7)9(13)1-2-12;/h3-5,9H,1-2,12-13H2;1H/t9-;/m0./s1. The van der Waals surface area contributed by atoms with E-state index in [0.29, 0.717) is 16.6 Å². The topological polar surface area (TPSA) is 52.0 Å². The molecule has 2 nitrogen and oxygen atoms in total. The highest BCUT2D eigenvalue weighted by Gasteiger charge is 2.06. The zero-order valence-electron chi connectivity index (χ0n) is 7.54. The second-order valence-electron chi connectivity index (χ2n) is 2.89. The number of halogens is 3. The van der Waals surface area contributed by atoms with Gasteiger partial charge in [0.25, 0.3) is 0 Å². The number of hydrogen-bond donors (Lipinski definition) is 2. The van der Waals surface area contributed by atoms with Crippen molar-refractivity contribution in [1.29, 1.82) is 0 Å². The van der Waals surface area contributed by atoms with Crippen molar-refractivity contribution in [3.8, 4) is 0 Å². The third-order valence-electron chi connectivity index (χ3n) is 1.79. The van der Waals surface area contributed by atoms with Crippen LogP contribution in [0.3, 0.4) is 0 Å². The molecule has 0 amide bonds. The summed E-state index contributed by atoms with van der Waals surface area (Å²) in [5.41, 5.74) is 12.2. The molecule has 1 rings (SSSR count). The third kappa shape index (κ3) is 4.03. The van der Waals surface area contributed by atoms with Gasteiger partial charge in [-0.05, 0) is 36.7 Å². The molecule has 4 N–H and O–H groups in total. The normalized spacial score (nSPS) is 12.0. The summed E-state index contributed by atoms with van der Waals surface area (Å²) in [7, 11) is 0. The minimum Gasteiger partial charge on any atom is -0.330 e. The van der Waals surface area contributed by atoms with E-state index >= 15 is 0 Å². The van der Waals surface area contributed by atoms with Gasteiger partial charge in [0, 0.05) is 16.1 Å². The highest BCUT2D eigenvalue weighted by molar-refractivity contribution is 6.34. The first kappa shape index (κ1) is 14.0. The minimum absolute atomic E-state index is 0. The molecule has 0 heterocycles. The largest absolute Gasteiger partial charge is 0.330 e. The van der Waals surface area contributed by atoms with Gasteiger partial charge in [-0.25, -0.2) is 0 Å². The molecule has 14 heavy (non-hydrogen) atoms. The van der Waals surface area contributed by atoms with Gasteiger partial charge in [0.05, 0.1) is 0 Å². The molecule has 0 bridgehead atoms. The molecule has 0 radical (unpaired) electrons. The smallest absolute Gasteiger partial charge is 0.0424 e. The van der Waals surface area contributed by atoms with Crippen LogP contribution in [-0.4, -0.2) is 6.54 Å². The Labute approximate surface area is 100.0 Å². The van der Waals surface area contributed by atoms with E-state index in [1.807, 2.05) is 12.1 Å². The van der Waals surface area contributed by atoms with Gasteiger partial charge in [0.1, 0.15) is 0 Å². The summed E-state index contributed by atoms with van der Waals surface area (Å²) in [5, 5.41) is 1.21. The Hall–Kier alpha value is 0.01000. The SMILES string of the molecule is Cl.NCC[C@H](N)c1cc(Cl)cc(Cl)c1. The average molecular weight is 256 g/mol. The summed E-state index contributed by atoms with van der Waals surface area (Å²) >= 11 is 11.6. The predicted octanol–water partition coefficient (Wildman–Crippen LogP) is 2.76. The molecular weight excluding hydrogens is 242 g/mol. The number of rotatable bonds is 3. The van der Waals surface area contributed by atoms with Crippen molar-refractivity contribution in [3.63, 3.8) is 0 Å². The van der Waals surface area contributed by atoms with Crippen molar-refractivity contribution in [1.82, 2.24) is 0 Å². The van der Waals surface area contributed by atoms with Crippen LogP contribution < -0.4 is 11.5 Å². The molecule has 0 saturated carbocycles. The van der Waals surface area contributed by atoms with Crippen LogP contribution in [0.5, 0.6) is 0 Å². The van der Waals surface area contributed by atoms with Crippen LogP contribution in [0.2, 0.25) is 10.0 Å². The number of nitrogens with two attached hydrogens (primary N) is 2. The zero-order valence-corrected chi connectivity index (χ0v) is 9.87. The lowest BCUT2D eigenvalue weighted by Gasteiger charge is -2.11. The van der Waals surface area contributed by atoms with Crippen molar-refractivity contribution >= 4 is 35.6 Å². The molecule has 1 atom stereocenters. The van der Waals surface area contributed by atoms with Gasteiger partial charge in [-0.1, -0.05) is 23.2 Å². The van der Waals surface area contributed by atoms with E-state index in [1.165, 1.54) is 0 Å². The predicted molar refractivity (Wildman–Crippen MR) is 64.3 cm³/mol. The summed E-state index contributed by atoms with van der Waals surface area (Å²) in [5.74, 6) is 0. The van der Waals surface area contributed by atoms with Crippen molar-refractivity contribution in [3.05, 3.63) is 33.8 Å². The lowest BCUT2D eigenvalue weighted by Crippen LogP contribution is -2.15. The minimum atomic E-state index is -0.0822. The molecule has 1 aromatic rings. The molecule has 0 spiro atoms. The van der Waals surface area contributed by atoms with Crippen molar-refractivity contribution in [2.45, 2.75) is 12.5 Å². The van der Waals surface area contributed by atoms with Crippen LogP contribution in [0.15, 0.2) is 18.2 Å². The molecule has 0 aliphatic rings. The van der Waals surface area contributed by atoms with Gasteiger partial charge in [0.15, 0.2) is 0 Å². The summed E-state index contributed by atoms with van der Waals surface area (Å²) in [6, 6.07) is 5.23. The lowest BCUT2D eigenvalue weighted by atomic mass is 10.1. The highest BCUT2D eigenvalue weighted by Crippen LogP contribution is 2.23. The summed E-state index contributed by atoms with van der Waals surface area (Å²) in [6.45, 7) is 0.561. The van der Waals surface area contributed by atoms with Gasteiger partial charge in [0.2, 0.25) is 0 Å². The van der Waals surface area contributed by atoms with Crippen LogP contribution in [0.4, 0.5) is 0 Å². The van der Waals surface area contributed by atoms with Crippen molar-refractivity contribution < 1.29 is 0 Å². The van der Waals surface area contributed by atoms with E-state index in [-0.39, 0.29) is 18.4 Å². The molecular formula is C9H13Cl3N2. The van der Waals surface area contributed by atoms with E-state index < -0.39 is 0 Å². The molecule has 80 valence electrons. The second kappa shape index (κ2) is 6.49. The molecule has 0 saturated heterocycles. The molecule has 1 aromatic carbocycles. The van der Waals surface area contributed by atoms with E-state index in [4.69, 9.17) is 34.7 Å². The van der Waals surface area contributed by atoms with E-state index in [1.54, 1.807) is 6.07 Å². The van der Waals surface area contributed by atoms with Crippen molar-refractivity contribution in [2.75, 3.05) is 6.54 Å². The monoisotopic (exact) mass is 254 g/mol. The highest BCUT2D eigenvalue weighted by atomic mass is 35.5. The summed E-state index contributed by atoms with van der Waals surface area (Å²) < 4.78 is 0. The van der Waals surface area contributed by atoms with Crippen LogP contribution in [0, 0.1) is 0 Å². The second-order valence-corrected chi connectivity index (χ2v) is 3.76. The Balaban J connectivity index is 0.00000169. The summed E-state index contributed by atoms with van der Waals surface area (Å²) in [6.07, 6.45) is 0.733. The molecule has 0 aromatic heterocycles. The maximum atomic E-state index is 5.85. The van der Waals surface area contributed by atoms with Gasteiger partial charge in [-0.15, -0.1) is 12.4 Å². The fourth-order valence-electron chi connectivity index (χ4n) is 1.14. The van der Waals surface area contributed by atoms with Crippen LogP contribution >= 0.6 is 35.6 Å². The van der Waals surface area contributed by atoms with Gasteiger partial charge in [-0.3, -0.25) is 0 Å². The van der Waals surface area contributed by atoms with Gasteiger partial charge >= 0.3 is 0 Å². The van der Waals surface area contributed by atoms with Crippen molar-refractivity contribution in [2.24, 2.45) is 11.5 Å². The Morgan fingerprint density at radius 2 is 1.64 bits per heavy atom.